The van der Waals surface area contributed by atoms with E-state index in [1.165, 1.54) is 44.5 Å². The molecule has 1 aliphatic heterocycles. The van der Waals surface area contributed by atoms with Gasteiger partial charge in [0.05, 0.1) is 16.8 Å². The minimum absolute atomic E-state index is 0.160. The standard InChI is InChI=1S/C52H39NO/c1-5-42-50(54-49-30-18-16-28-46(49)52(42)44-26-14-10-23-39(44)40-24-11-15-27-45(40)52)34(2)53(48-29-17-12-21-37(48)35-19-7-6-8-20-35)36-31-32-41-38-22-9-13-25-43(38)51(3,4)47(41)33-36/h5-7,9-19,21-33H,1-4H3/b42-5?,50-34-. The number of allylic oxidation sites excluding steroid dienone is 3. The van der Waals surface area contributed by atoms with E-state index < -0.39 is 5.41 Å². The number of hydrogen-bond donors (Lipinski definition) is 0. The number of rotatable bonds is 4. The van der Waals surface area contributed by atoms with Crippen LogP contribution in [0.5, 0.6) is 5.75 Å². The lowest BCUT2D eigenvalue weighted by atomic mass is 9.65. The highest BCUT2D eigenvalue weighted by atomic mass is 16.5. The lowest BCUT2D eigenvalue weighted by molar-refractivity contribution is 0.383. The summed E-state index contributed by atoms with van der Waals surface area (Å²) in [4.78, 5) is 2.41. The third-order valence-electron chi connectivity index (χ3n) is 12.0. The third-order valence-corrected chi connectivity index (χ3v) is 12.0. The Labute approximate surface area is 318 Å². The molecule has 0 atom stereocenters. The maximum absolute atomic E-state index is 7.22. The Balaban J connectivity index is 1.27. The number of benzene rings is 6. The van der Waals surface area contributed by atoms with Crippen LogP contribution in [0.2, 0.25) is 0 Å². The lowest BCUT2D eigenvalue weighted by Crippen LogP contribution is -2.37. The van der Waals surface area contributed by atoms with Crippen molar-refractivity contribution in [2.75, 3.05) is 4.90 Å². The highest BCUT2D eigenvalue weighted by molar-refractivity contribution is 5.91. The van der Waals surface area contributed by atoms with E-state index in [0.717, 1.165) is 50.8 Å². The fourth-order valence-electron chi connectivity index (χ4n) is 9.63. The highest BCUT2D eigenvalue weighted by Gasteiger charge is 2.53. The fraction of sp³-hybridized carbons (Fsp3) is 0.115. The second-order valence-corrected chi connectivity index (χ2v) is 15.0. The molecule has 2 heteroatoms. The Kier molecular flexibility index (Phi) is 7.13. The van der Waals surface area contributed by atoms with Crippen molar-refractivity contribution in [2.24, 2.45) is 0 Å². The molecular weight excluding hydrogens is 655 g/mol. The summed E-state index contributed by atoms with van der Waals surface area (Å²) in [6, 6.07) is 63.5. The van der Waals surface area contributed by atoms with Gasteiger partial charge in [-0.05, 0) is 94.8 Å². The molecule has 10 rings (SSSR count). The van der Waals surface area contributed by atoms with Crippen LogP contribution in [0.1, 0.15) is 55.5 Å². The largest absolute Gasteiger partial charge is 0.455 e. The summed E-state index contributed by atoms with van der Waals surface area (Å²) in [5.74, 6) is 1.72. The summed E-state index contributed by atoms with van der Waals surface area (Å²) < 4.78 is 7.22. The molecule has 7 aromatic rings. The summed E-state index contributed by atoms with van der Waals surface area (Å²) >= 11 is 0. The molecule has 2 aliphatic carbocycles. The van der Waals surface area contributed by atoms with Crippen LogP contribution in [0.4, 0.5) is 11.4 Å². The predicted molar refractivity (Wildman–Crippen MR) is 221 cm³/mol. The van der Waals surface area contributed by atoms with Crippen molar-refractivity contribution < 1.29 is 4.74 Å². The maximum atomic E-state index is 7.22. The van der Waals surface area contributed by atoms with Gasteiger partial charge in [0.25, 0.3) is 0 Å². The average molecular weight is 694 g/mol. The van der Waals surface area contributed by atoms with Crippen LogP contribution in [0.25, 0.3) is 33.4 Å². The van der Waals surface area contributed by atoms with Gasteiger partial charge in [-0.15, -0.1) is 0 Å². The molecule has 3 aliphatic rings. The van der Waals surface area contributed by atoms with Crippen molar-refractivity contribution in [2.45, 2.75) is 38.5 Å². The number of nitrogens with zero attached hydrogens (tertiary/aromatic N) is 1. The molecule has 0 fully saturated rings. The molecule has 0 radical (unpaired) electrons. The Morgan fingerprint density at radius 1 is 0.593 bits per heavy atom. The van der Waals surface area contributed by atoms with Crippen LogP contribution in [0.3, 0.4) is 0 Å². The van der Waals surface area contributed by atoms with E-state index in [4.69, 9.17) is 4.74 Å². The molecule has 0 bridgehead atoms. The van der Waals surface area contributed by atoms with Crippen LogP contribution in [0.15, 0.2) is 181 Å². The summed E-state index contributed by atoms with van der Waals surface area (Å²) in [5, 5.41) is 0. The summed E-state index contributed by atoms with van der Waals surface area (Å²) in [5.41, 5.74) is 17.1. The molecule has 7 aromatic carbocycles. The van der Waals surface area contributed by atoms with Crippen LogP contribution in [-0.4, -0.2) is 0 Å². The molecule has 1 spiro atoms. The van der Waals surface area contributed by atoms with Gasteiger partial charge in [-0.25, -0.2) is 0 Å². The molecule has 0 saturated heterocycles. The minimum Gasteiger partial charge on any atom is -0.455 e. The predicted octanol–water partition coefficient (Wildman–Crippen LogP) is 13.0. The molecule has 0 unspecified atom stereocenters. The van der Waals surface area contributed by atoms with Crippen molar-refractivity contribution in [3.05, 3.63) is 221 Å². The van der Waals surface area contributed by atoms with Gasteiger partial charge in [0.2, 0.25) is 0 Å². The van der Waals surface area contributed by atoms with E-state index in [1.807, 2.05) is 12.1 Å². The van der Waals surface area contributed by atoms with Gasteiger partial charge < -0.3 is 9.64 Å². The second kappa shape index (κ2) is 12.0. The van der Waals surface area contributed by atoms with Gasteiger partial charge >= 0.3 is 0 Å². The van der Waals surface area contributed by atoms with E-state index >= 15 is 0 Å². The van der Waals surface area contributed by atoms with Crippen molar-refractivity contribution in [3.8, 4) is 39.1 Å². The zero-order chi connectivity index (χ0) is 36.6. The number of hydrogen-bond acceptors (Lipinski definition) is 2. The second-order valence-electron chi connectivity index (χ2n) is 15.0. The zero-order valence-electron chi connectivity index (χ0n) is 30.9. The van der Waals surface area contributed by atoms with E-state index in [2.05, 4.69) is 196 Å². The maximum Gasteiger partial charge on any atom is 0.151 e. The first kappa shape index (κ1) is 32.1. The van der Waals surface area contributed by atoms with Gasteiger partial charge in [-0.3, -0.25) is 0 Å². The van der Waals surface area contributed by atoms with Gasteiger partial charge in [0.1, 0.15) is 5.75 Å². The van der Waals surface area contributed by atoms with Crippen molar-refractivity contribution in [1.29, 1.82) is 0 Å². The molecule has 0 amide bonds. The van der Waals surface area contributed by atoms with Crippen LogP contribution >= 0.6 is 0 Å². The number of ether oxygens (including phenoxy) is 1. The summed E-state index contributed by atoms with van der Waals surface area (Å²) in [7, 11) is 0. The third kappa shape index (κ3) is 4.36. The van der Waals surface area contributed by atoms with Crippen molar-refractivity contribution in [1.82, 2.24) is 0 Å². The zero-order valence-corrected chi connectivity index (χ0v) is 30.9. The van der Waals surface area contributed by atoms with E-state index in [9.17, 15) is 0 Å². The van der Waals surface area contributed by atoms with E-state index in [-0.39, 0.29) is 5.41 Å². The van der Waals surface area contributed by atoms with Gasteiger partial charge in [0, 0.05) is 33.4 Å². The van der Waals surface area contributed by atoms with Crippen molar-refractivity contribution >= 4 is 11.4 Å². The van der Waals surface area contributed by atoms with Crippen LogP contribution in [-0.2, 0) is 10.8 Å². The average Bonchev–Trinajstić information content (AvgIpc) is 3.64. The molecule has 2 nitrogen and oxygen atoms in total. The van der Waals surface area contributed by atoms with Gasteiger partial charge in [-0.1, -0.05) is 153 Å². The first-order chi connectivity index (χ1) is 26.4. The smallest absolute Gasteiger partial charge is 0.151 e. The Bertz CT molecular complexity index is 2650. The molecule has 0 N–H and O–H groups in total. The SMILES string of the molecule is CC=C1/C(=C(\C)N(c2ccc3c(c2)C(C)(C)c2ccccc2-3)c2ccccc2-c2c#cccc2)Oc2ccccc2C12c1ccccc1-c1ccccc12. The van der Waals surface area contributed by atoms with E-state index in [0.29, 0.717) is 0 Å². The topological polar surface area (TPSA) is 12.5 Å². The summed E-state index contributed by atoms with van der Waals surface area (Å²) in [6.07, 6.45) is 2.28. The number of anilines is 2. The number of fused-ring (bicyclic) bond motifs is 10. The monoisotopic (exact) mass is 693 g/mol. The first-order valence-corrected chi connectivity index (χ1v) is 18.8. The van der Waals surface area contributed by atoms with Crippen molar-refractivity contribution in [3.63, 3.8) is 0 Å². The number of para-hydroxylation sites is 2. The highest BCUT2D eigenvalue weighted by Crippen LogP contribution is 2.62. The molecule has 54 heavy (non-hydrogen) atoms. The summed E-state index contributed by atoms with van der Waals surface area (Å²) in [6.45, 7) is 9.07. The molecule has 258 valence electrons. The minimum atomic E-state index is -0.567. The van der Waals surface area contributed by atoms with Crippen LogP contribution < -0.4 is 9.64 Å². The normalized spacial score (nSPS) is 16.7. The van der Waals surface area contributed by atoms with Crippen LogP contribution in [0, 0.1) is 12.1 Å². The first-order valence-electron chi connectivity index (χ1n) is 18.8. The molecule has 0 saturated carbocycles. The molecular formula is C52H39NO. The lowest BCUT2D eigenvalue weighted by Gasteiger charge is -2.42. The molecule has 0 aromatic heterocycles. The van der Waals surface area contributed by atoms with Gasteiger partial charge in [-0.2, -0.15) is 0 Å². The molecule has 1 heterocycles. The Morgan fingerprint density at radius 3 is 1.83 bits per heavy atom. The Hall–Kier alpha value is -6.56. The quantitative estimate of drug-likeness (QED) is 0.182. The Morgan fingerprint density at radius 2 is 1.17 bits per heavy atom. The van der Waals surface area contributed by atoms with Gasteiger partial charge in [0.15, 0.2) is 5.76 Å². The van der Waals surface area contributed by atoms with E-state index in [1.54, 1.807) is 0 Å². The fourth-order valence-corrected chi connectivity index (χ4v) is 9.63.